The average molecular weight is 345 g/mol. The molecule has 0 spiro atoms. The zero-order valence-electron chi connectivity index (χ0n) is 13.4. The number of fused-ring (bicyclic) bond motifs is 1. The van der Waals surface area contributed by atoms with Crippen LogP contribution in [0.2, 0.25) is 5.02 Å². The van der Waals surface area contributed by atoms with E-state index in [1.807, 2.05) is 13.8 Å². The molecular weight excluding hydrogens is 328 g/mol. The Morgan fingerprint density at radius 3 is 2.58 bits per heavy atom. The minimum absolute atomic E-state index is 0.00219. The predicted molar refractivity (Wildman–Crippen MR) is 94.0 cm³/mol. The van der Waals surface area contributed by atoms with Gasteiger partial charge in [0.05, 0.1) is 5.69 Å². The lowest BCUT2D eigenvalue weighted by molar-refractivity contribution is -0.121. The fourth-order valence-electron chi connectivity index (χ4n) is 2.62. The molecule has 0 aromatic heterocycles. The van der Waals surface area contributed by atoms with Crippen molar-refractivity contribution in [1.82, 2.24) is 0 Å². The number of nitrogens with one attached hydrogen (secondary N) is 1. The summed E-state index contributed by atoms with van der Waals surface area (Å²) in [4.78, 5) is 26.1. The predicted octanol–water partition coefficient (Wildman–Crippen LogP) is 3.73. The SMILES string of the molecule is CC(C)N1C(=O)COc2ccc(NC(=O)c3ccc(Cl)cc3)cc21. The lowest BCUT2D eigenvalue weighted by Crippen LogP contribution is -2.43. The van der Waals surface area contributed by atoms with Crippen molar-refractivity contribution in [2.45, 2.75) is 19.9 Å². The highest BCUT2D eigenvalue weighted by Gasteiger charge is 2.28. The molecule has 0 atom stereocenters. The highest BCUT2D eigenvalue weighted by Crippen LogP contribution is 2.35. The highest BCUT2D eigenvalue weighted by atomic mass is 35.5. The number of nitrogens with zero attached hydrogens (tertiary/aromatic N) is 1. The first kappa shape index (κ1) is 16.3. The van der Waals surface area contributed by atoms with Crippen molar-refractivity contribution in [2.24, 2.45) is 0 Å². The fourth-order valence-corrected chi connectivity index (χ4v) is 2.75. The summed E-state index contributed by atoms with van der Waals surface area (Å²) < 4.78 is 5.46. The summed E-state index contributed by atoms with van der Waals surface area (Å²) in [7, 11) is 0. The molecule has 0 fully saturated rings. The van der Waals surface area contributed by atoms with Crippen LogP contribution >= 0.6 is 11.6 Å². The van der Waals surface area contributed by atoms with Crippen molar-refractivity contribution in [3.63, 3.8) is 0 Å². The molecule has 0 saturated carbocycles. The van der Waals surface area contributed by atoms with Gasteiger partial charge in [-0.25, -0.2) is 0 Å². The molecule has 0 aliphatic carbocycles. The summed E-state index contributed by atoms with van der Waals surface area (Å²) in [5.74, 6) is 0.289. The Morgan fingerprint density at radius 1 is 1.21 bits per heavy atom. The standard InChI is InChI=1S/C18H17ClN2O3/c1-11(2)21-15-9-14(7-8-16(15)24-10-17(21)22)20-18(23)12-3-5-13(19)6-4-12/h3-9,11H,10H2,1-2H3,(H,20,23). The molecule has 0 unspecified atom stereocenters. The lowest BCUT2D eigenvalue weighted by Gasteiger charge is -2.32. The number of amides is 2. The summed E-state index contributed by atoms with van der Waals surface area (Å²) >= 11 is 5.83. The molecule has 1 aliphatic heterocycles. The van der Waals surface area contributed by atoms with E-state index in [9.17, 15) is 9.59 Å². The molecule has 5 nitrogen and oxygen atoms in total. The van der Waals surface area contributed by atoms with Crippen molar-refractivity contribution in [2.75, 3.05) is 16.8 Å². The third-order valence-electron chi connectivity index (χ3n) is 3.72. The zero-order chi connectivity index (χ0) is 17.3. The van der Waals surface area contributed by atoms with Crippen LogP contribution in [0, 0.1) is 0 Å². The summed E-state index contributed by atoms with van der Waals surface area (Å²) in [6, 6.07) is 11.9. The Bertz CT molecular complexity index is 787. The van der Waals surface area contributed by atoms with Gasteiger partial charge in [-0.15, -0.1) is 0 Å². The maximum absolute atomic E-state index is 12.3. The third-order valence-corrected chi connectivity index (χ3v) is 3.97. The van der Waals surface area contributed by atoms with E-state index in [-0.39, 0.29) is 24.5 Å². The van der Waals surface area contributed by atoms with E-state index in [2.05, 4.69) is 5.32 Å². The van der Waals surface area contributed by atoms with Gasteiger partial charge in [-0.1, -0.05) is 11.6 Å². The molecule has 1 aliphatic rings. The Morgan fingerprint density at radius 2 is 1.92 bits per heavy atom. The molecule has 0 radical (unpaired) electrons. The Balaban J connectivity index is 1.86. The van der Waals surface area contributed by atoms with Gasteiger partial charge in [0.2, 0.25) is 0 Å². The maximum Gasteiger partial charge on any atom is 0.265 e. The van der Waals surface area contributed by atoms with Gasteiger partial charge < -0.3 is 15.0 Å². The summed E-state index contributed by atoms with van der Waals surface area (Å²) in [5.41, 5.74) is 1.76. The van der Waals surface area contributed by atoms with Crippen LogP contribution in [0.4, 0.5) is 11.4 Å². The highest BCUT2D eigenvalue weighted by molar-refractivity contribution is 6.30. The monoisotopic (exact) mass is 344 g/mol. The van der Waals surface area contributed by atoms with Gasteiger partial charge in [0, 0.05) is 22.3 Å². The Labute approximate surface area is 145 Å². The molecule has 6 heteroatoms. The van der Waals surface area contributed by atoms with Gasteiger partial charge in [0.15, 0.2) is 6.61 Å². The molecule has 2 aromatic carbocycles. The minimum atomic E-state index is -0.245. The van der Waals surface area contributed by atoms with Crippen LogP contribution in [0.15, 0.2) is 42.5 Å². The first-order valence-corrected chi connectivity index (χ1v) is 7.99. The maximum atomic E-state index is 12.3. The number of hydrogen-bond acceptors (Lipinski definition) is 3. The van der Waals surface area contributed by atoms with Crippen molar-refractivity contribution in [3.05, 3.63) is 53.1 Å². The van der Waals surface area contributed by atoms with Crippen molar-refractivity contribution in [1.29, 1.82) is 0 Å². The van der Waals surface area contributed by atoms with Crippen molar-refractivity contribution in [3.8, 4) is 5.75 Å². The van der Waals surface area contributed by atoms with E-state index in [1.165, 1.54) is 0 Å². The van der Waals surface area contributed by atoms with Gasteiger partial charge in [-0.05, 0) is 56.3 Å². The van der Waals surface area contributed by atoms with E-state index < -0.39 is 0 Å². The molecule has 3 rings (SSSR count). The largest absolute Gasteiger partial charge is 0.482 e. The summed E-state index contributed by atoms with van der Waals surface area (Å²) in [6.45, 7) is 3.90. The molecule has 0 saturated heterocycles. The first-order chi connectivity index (χ1) is 11.5. The Kier molecular flexibility index (Phi) is 4.44. The number of hydrogen-bond donors (Lipinski definition) is 1. The van der Waals surface area contributed by atoms with Crippen LogP contribution in [0.25, 0.3) is 0 Å². The molecule has 1 N–H and O–H groups in total. The number of anilines is 2. The smallest absolute Gasteiger partial charge is 0.265 e. The van der Waals surface area contributed by atoms with Crippen LogP contribution in [0.1, 0.15) is 24.2 Å². The van der Waals surface area contributed by atoms with Crippen LogP contribution in [-0.2, 0) is 4.79 Å². The van der Waals surface area contributed by atoms with E-state index in [0.29, 0.717) is 27.7 Å². The lowest BCUT2D eigenvalue weighted by atomic mass is 10.1. The topological polar surface area (TPSA) is 58.6 Å². The fraction of sp³-hybridized carbons (Fsp3) is 0.222. The minimum Gasteiger partial charge on any atom is -0.482 e. The molecule has 124 valence electrons. The van der Waals surface area contributed by atoms with E-state index in [1.54, 1.807) is 47.4 Å². The molecular formula is C18H17ClN2O3. The molecule has 0 bridgehead atoms. The van der Waals surface area contributed by atoms with Crippen LogP contribution in [0.3, 0.4) is 0 Å². The second-order valence-electron chi connectivity index (χ2n) is 5.79. The van der Waals surface area contributed by atoms with Gasteiger partial charge in [-0.2, -0.15) is 0 Å². The Hall–Kier alpha value is -2.53. The third kappa shape index (κ3) is 3.21. The summed E-state index contributed by atoms with van der Waals surface area (Å²) in [5, 5.41) is 3.40. The number of ether oxygens (including phenoxy) is 1. The number of rotatable bonds is 3. The van der Waals surface area contributed by atoms with Crippen LogP contribution in [-0.4, -0.2) is 24.5 Å². The van der Waals surface area contributed by atoms with Gasteiger partial charge in [0.1, 0.15) is 5.75 Å². The average Bonchev–Trinajstić information content (AvgIpc) is 2.54. The van der Waals surface area contributed by atoms with Crippen molar-refractivity contribution >= 4 is 34.8 Å². The summed E-state index contributed by atoms with van der Waals surface area (Å²) in [6.07, 6.45) is 0. The zero-order valence-corrected chi connectivity index (χ0v) is 14.1. The number of benzene rings is 2. The first-order valence-electron chi connectivity index (χ1n) is 7.61. The molecule has 24 heavy (non-hydrogen) atoms. The molecule has 2 amide bonds. The number of carbonyl (C=O) groups is 2. The van der Waals surface area contributed by atoms with E-state index in [4.69, 9.17) is 16.3 Å². The van der Waals surface area contributed by atoms with Gasteiger partial charge in [-0.3, -0.25) is 9.59 Å². The quantitative estimate of drug-likeness (QED) is 0.923. The number of carbonyl (C=O) groups excluding carboxylic acids is 2. The second-order valence-corrected chi connectivity index (χ2v) is 6.23. The van der Waals surface area contributed by atoms with E-state index >= 15 is 0 Å². The van der Waals surface area contributed by atoms with Gasteiger partial charge >= 0.3 is 0 Å². The van der Waals surface area contributed by atoms with Crippen LogP contribution < -0.4 is 15.0 Å². The van der Waals surface area contributed by atoms with E-state index in [0.717, 1.165) is 0 Å². The van der Waals surface area contributed by atoms with Crippen LogP contribution in [0.5, 0.6) is 5.75 Å². The number of halogens is 1. The second kappa shape index (κ2) is 6.53. The normalized spacial score (nSPS) is 13.5. The molecule has 1 heterocycles. The molecule has 2 aromatic rings. The van der Waals surface area contributed by atoms with Gasteiger partial charge in [0.25, 0.3) is 11.8 Å². The van der Waals surface area contributed by atoms with Crippen molar-refractivity contribution < 1.29 is 14.3 Å².